The smallest absolute Gasteiger partial charge is 0.00366 e. The van der Waals surface area contributed by atoms with Crippen molar-refractivity contribution in [3.8, 4) is 0 Å². The molecule has 0 rings (SSSR count). The van der Waals surface area contributed by atoms with Crippen molar-refractivity contribution in [2.24, 2.45) is 11.7 Å². The summed E-state index contributed by atoms with van der Waals surface area (Å²) in [5.41, 5.74) is 5.84. The largest absolute Gasteiger partial charge is 0.328 e. The van der Waals surface area contributed by atoms with Gasteiger partial charge in [0.2, 0.25) is 0 Å². The van der Waals surface area contributed by atoms with E-state index in [1.165, 1.54) is 25.9 Å². The third kappa shape index (κ3) is 8.26. The van der Waals surface area contributed by atoms with Gasteiger partial charge in [-0.1, -0.05) is 20.8 Å². The summed E-state index contributed by atoms with van der Waals surface area (Å²) in [6.45, 7) is 9.05. The molecule has 80 valence electrons. The molecular formula is C11H26N2. The molecule has 1 atom stereocenters. The van der Waals surface area contributed by atoms with Gasteiger partial charge in [0, 0.05) is 12.6 Å². The third-order valence-corrected chi connectivity index (χ3v) is 2.32. The van der Waals surface area contributed by atoms with E-state index in [4.69, 9.17) is 5.73 Å². The first-order valence-electron chi connectivity index (χ1n) is 5.50. The molecule has 0 aliphatic carbocycles. The van der Waals surface area contributed by atoms with Crippen molar-refractivity contribution in [3.63, 3.8) is 0 Å². The molecule has 2 heteroatoms. The fraction of sp³-hybridized carbons (Fsp3) is 1.00. The van der Waals surface area contributed by atoms with E-state index in [1.807, 2.05) is 0 Å². The lowest BCUT2D eigenvalue weighted by molar-refractivity contribution is 0.286. The van der Waals surface area contributed by atoms with E-state index in [-0.39, 0.29) is 0 Å². The van der Waals surface area contributed by atoms with Crippen LogP contribution in [-0.4, -0.2) is 31.1 Å². The van der Waals surface area contributed by atoms with Crippen LogP contribution in [0.5, 0.6) is 0 Å². The minimum absolute atomic E-state index is 0.410. The van der Waals surface area contributed by atoms with Gasteiger partial charge in [-0.2, -0.15) is 0 Å². The summed E-state index contributed by atoms with van der Waals surface area (Å²) in [7, 11) is 2.19. The molecule has 0 fully saturated rings. The van der Waals surface area contributed by atoms with Gasteiger partial charge in [0.15, 0.2) is 0 Å². The fourth-order valence-electron chi connectivity index (χ4n) is 1.54. The van der Waals surface area contributed by atoms with Gasteiger partial charge in [-0.3, -0.25) is 0 Å². The average Bonchev–Trinajstić information content (AvgIpc) is 2.02. The van der Waals surface area contributed by atoms with Crippen molar-refractivity contribution in [2.75, 3.05) is 20.1 Å². The maximum atomic E-state index is 5.84. The second-order valence-corrected chi connectivity index (χ2v) is 4.47. The molecule has 0 aliphatic heterocycles. The molecule has 0 saturated heterocycles. The highest BCUT2D eigenvalue weighted by molar-refractivity contribution is 4.61. The Hall–Kier alpha value is -0.0800. The SMILES string of the molecule is CCC(N)CCCN(C)CC(C)C. The van der Waals surface area contributed by atoms with Crippen LogP contribution in [-0.2, 0) is 0 Å². The van der Waals surface area contributed by atoms with Crippen LogP contribution in [0.2, 0.25) is 0 Å². The lowest BCUT2D eigenvalue weighted by atomic mass is 10.1. The fourth-order valence-corrected chi connectivity index (χ4v) is 1.54. The number of nitrogens with zero attached hydrogens (tertiary/aromatic N) is 1. The summed E-state index contributed by atoms with van der Waals surface area (Å²) >= 11 is 0. The Morgan fingerprint density at radius 1 is 1.31 bits per heavy atom. The molecule has 1 unspecified atom stereocenters. The minimum atomic E-state index is 0.410. The van der Waals surface area contributed by atoms with Crippen molar-refractivity contribution < 1.29 is 0 Å². The molecule has 0 radical (unpaired) electrons. The Balaban J connectivity index is 3.31. The molecule has 0 aromatic heterocycles. The van der Waals surface area contributed by atoms with Crippen LogP contribution in [0.4, 0.5) is 0 Å². The Morgan fingerprint density at radius 2 is 1.92 bits per heavy atom. The second kappa shape index (κ2) is 7.34. The summed E-state index contributed by atoms with van der Waals surface area (Å²) < 4.78 is 0. The van der Waals surface area contributed by atoms with E-state index in [9.17, 15) is 0 Å². The van der Waals surface area contributed by atoms with Gasteiger partial charge in [0.25, 0.3) is 0 Å². The van der Waals surface area contributed by atoms with E-state index in [0.29, 0.717) is 6.04 Å². The summed E-state index contributed by atoms with van der Waals surface area (Å²) in [6, 6.07) is 0.410. The molecule has 13 heavy (non-hydrogen) atoms. The lowest BCUT2D eigenvalue weighted by Gasteiger charge is -2.19. The van der Waals surface area contributed by atoms with Crippen LogP contribution in [0.3, 0.4) is 0 Å². The van der Waals surface area contributed by atoms with Gasteiger partial charge in [-0.15, -0.1) is 0 Å². The van der Waals surface area contributed by atoms with Crippen LogP contribution < -0.4 is 5.73 Å². The molecule has 0 heterocycles. The first-order valence-corrected chi connectivity index (χ1v) is 5.50. The van der Waals surface area contributed by atoms with Gasteiger partial charge in [-0.25, -0.2) is 0 Å². The van der Waals surface area contributed by atoms with Crippen molar-refractivity contribution in [2.45, 2.75) is 46.1 Å². The highest BCUT2D eigenvalue weighted by Crippen LogP contribution is 2.01. The Labute approximate surface area is 83.5 Å². The molecular weight excluding hydrogens is 160 g/mol. The van der Waals surface area contributed by atoms with Gasteiger partial charge in [0.1, 0.15) is 0 Å². The topological polar surface area (TPSA) is 29.3 Å². The zero-order valence-corrected chi connectivity index (χ0v) is 9.71. The first-order chi connectivity index (χ1) is 6.06. The molecule has 0 amide bonds. The van der Waals surface area contributed by atoms with Crippen molar-refractivity contribution in [1.29, 1.82) is 0 Å². The maximum absolute atomic E-state index is 5.84. The quantitative estimate of drug-likeness (QED) is 0.659. The van der Waals surface area contributed by atoms with Gasteiger partial charge in [-0.05, 0) is 38.8 Å². The number of hydrogen-bond donors (Lipinski definition) is 1. The molecule has 0 bridgehead atoms. The molecule has 0 aromatic carbocycles. The van der Waals surface area contributed by atoms with Gasteiger partial charge >= 0.3 is 0 Å². The Morgan fingerprint density at radius 3 is 2.38 bits per heavy atom. The molecule has 0 saturated carbocycles. The Kier molecular flexibility index (Phi) is 7.29. The molecule has 2 N–H and O–H groups in total. The van der Waals surface area contributed by atoms with Crippen LogP contribution in [0.25, 0.3) is 0 Å². The van der Waals surface area contributed by atoms with E-state index in [1.54, 1.807) is 0 Å². The van der Waals surface area contributed by atoms with Crippen molar-refractivity contribution >= 4 is 0 Å². The number of hydrogen-bond acceptors (Lipinski definition) is 2. The maximum Gasteiger partial charge on any atom is 0.00366 e. The lowest BCUT2D eigenvalue weighted by Crippen LogP contribution is -2.26. The van der Waals surface area contributed by atoms with Gasteiger partial charge < -0.3 is 10.6 Å². The monoisotopic (exact) mass is 186 g/mol. The van der Waals surface area contributed by atoms with Crippen LogP contribution in [0, 0.1) is 5.92 Å². The minimum Gasteiger partial charge on any atom is -0.328 e. The van der Waals surface area contributed by atoms with E-state index in [2.05, 4.69) is 32.7 Å². The molecule has 0 aliphatic rings. The summed E-state index contributed by atoms with van der Waals surface area (Å²) in [6.07, 6.45) is 3.51. The summed E-state index contributed by atoms with van der Waals surface area (Å²) in [5, 5.41) is 0. The number of rotatable bonds is 7. The zero-order chi connectivity index (χ0) is 10.3. The average molecular weight is 186 g/mol. The number of nitrogens with two attached hydrogens (primary N) is 1. The molecule has 2 nitrogen and oxygen atoms in total. The normalized spacial score (nSPS) is 14.1. The predicted molar refractivity (Wildman–Crippen MR) is 59.8 cm³/mol. The van der Waals surface area contributed by atoms with E-state index >= 15 is 0 Å². The van der Waals surface area contributed by atoms with E-state index in [0.717, 1.165) is 12.3 Å². The van der Waals surface area contributed by atoms with Gasteiger partial charge in [0.05, 0.1) is 0 Å². The molecule has 0 spiro atoms. The third-order valence-electron chi connectivity index (χ3n) is 2.32. The summed E-state index contributed by atoms with van der Waals surface area (Å²) in [5.74, 6) is 0.768. The highest BCUT2D eigenvalue weighted by Gasteiger charge is 2.03. The van der Waals surface area contributed by atoms with Crippen molar-refractivity contribution in [1.82, 2.24) is 4.90 Å². The van der Waals surface area contributed by atoms with Crippen LogP contribution in [0.15, 0.2) is 0 Å². The van der Waals surface area contributed by atoms with Crippen LogP contribution in [0.1, 0.15) is 40.0 Å². The standard InChI is InChI=1S/C11H26N2/c1-5-11(12)7-6-8-13(4)9-10(2)3/h10-11H,5-9,12H2,1-4H3. The summed E-state index contributed by atoms with van der Waals surface area (Å²) in [4.78, 5) is 2.40. The predicted octanol–water partition coefficient (Wildman–Crippen LogP) is 2.09. The first kappa shape index (κ1) is 12.9. The second-order valence-electron chi connectivity index (χ2n) is 4.47. The zero-order valence-electron chi connectivity index (χ0n) is 9.71. The molecule has 0 aromatic rings. The van der Waals surface area contributed by atoms with Crippen molar-refractivity contribution in [3.05, 3.63) is 0 Å². The highest BCUT2D eigenvalue weighted by atomic mass is 15.1. The van der Waals surface area contributed by atoms with E-state index < -0.39 is 0 Å². The van der Waals surface area contributed by atoms with Crippen LogP contribution >= 0.6 is 0 Å². The Bertz CT molecular complexity index is 113.